The number of aryl methyl sites for hydroxylation is 1. The summed E-state index contributed by atoms with van der Waals surface area (Å²) in [5.74, 6) is 0.903. The first-order valence-electron chi connectivity index (χ1n) is 7.74. The predicted molar refractivity (Wildman–Crippen MR) is 94.2 cm³/mol. The molecular weight excluding hydrogens is 326 g/mol. The molecule has 2 aromatic rings. The molecule has 1 N–H and O–H groups in total. The predicted octanol–water partition coefficient (Wildman–Crippen LogP) is 2.92. The van der Waals surface area contributed by atoms with E-state index in [0.717, 1.165) is 12.8 Å². The standard InChI is InChI=1S/C18H23NO4S/c1-14-16(22-2)11-12-17(18(14)23-3)24(20,21)19-13-7-10-15-8-5-4-6-9-15/h4-6,8-9,11-12,19H,7,10,13H2,1-3H3. The Morgan fingerprint density at radius 3 is 2.33 bits per heavy atom. The molecule has 0 aliphatic heterocycles. The molecule has 0 spiro atoms. The minimum absolute atomic E-state index is 0.128. The fraction of sp³-hybridized carbons (Fsp3) is 0.333. The smallest absolute Gasteiger partial charge is 0.244 e. The van der Waals surface area contributed by atoms with Crippen LogP contribution in [0.1, 0.15) is 17.5 Å². The van der Waals surface area contributed by atoms with Gasteiger partial charge >= 0.3 is 0 Å². The van der Waals surface area contributed by atoms with E-state index in [1.807, 2.05) is 30.3 Å². The number of rotatable bonds is 8. The van der Waals surface area contributed by atoms with E-state index in [2.05, 4.69) is 4.72 Å². The molecule has 6 heteroatoms. The minimum atomic E-state index is -3.64. The Bertz CT molecular complexity index is 773. The van der Waals surface area contributed by atoms with Crippen LogP contribution in [0.25, 0.3) is 0 Å². The van der Waals surface area contributed by atoms with Gasteiger partial charge in [0, 0.05) is 12.1 Å². The van der Waals surface area contributed by atoms with Crippen LogP contribution in [0.3, 0.4) is 0 Å². The Morgan fingerprint density at radius 1 is 1.00 bits per heavy atom. The van der Waals surface area contributed by atoms with Gasteiger partial charge in [0.1, 0.15) is 16.4 Å². The fourth-order valence-corrected chi connectivity index (χ4v) is 3.85. The van der Waals surface area contributed by atoms with E-state index in [9.17, 15) is 8.42 Å². The molecular formula is C18H23NO4S. The van der Waals surface area contributed by atoms with Crippen molar-refractivity contribution in [2.45, 2.75) is 24.7 Å². The van der Waals surface area contributed by atoms with Crippen LogP contribution >= 0.6 is 0 Å². The molecule has 0 heterocycles. The second-order valence-electron chi connectivity index (χ2n) is 5.41. The van der Waals surface area contributed by atoms with Crippen molar-refractivity contribution in [1.29, 1.82) is 0 Å². The van der Waals surface area contributed by atoms with Gasteiger partial charge in [-0.1, -0.05) is 30.3 Å². The summed E-state index contributed by atoms with van der Waals surface area (Å²) < 4.78 is 38.2. The Balaban J connectivity index is 2.06. The third-order valence-electron chi connectivity index (χ3n) is 3.81. The summed E-state index contributed by atoms with van der Waals surface area (Å²) in [7, 11) is -0.641. The summed E-state index contributed by atoms with van der Waals surface area (Å²) in [6, 6.07) is 13.1. The van der Waals surface area contributed by atoms with Gasteiger partial charge in [0.25, 0.3) is 0 Å². The van der Waals surface area contributed by atoms with Crippen molar-refractivity contribution >= 4 is 10.0 Å². The van der Waals surface area contributed by atoms with E-state index >= 15 is 0 Å². The molecule has 0 aromatic heterocycles. The monoisotopic (exact) mass is 349 g/mol. The summed E-state index contributed by atoms with van der Waals surface area (Å²) >= 11 is 0. The molecule has 0 bridgehead atoms. The van der Waals surface area contributed by atoms with Gasteiger partial charge < -0.3 is 9.47 Å². The normalized spacial score (nSPS) is 11.3. The van der Waals surface area contributed by atoms with Gasteiger partial charge in [0.15, 0.2) is 0 Å². The highest BCUT2D eigenvalue weighted by molar-refractivity contribution is 7.89. The van der Waals surface area contributed by atoms with Gasteiger partial charge in [0.2, 0.25) is 10.0 Å². The van der Waals surface area contributed by atoms with Crippen molar-refractivity contribution in [2.24, 2.45) is 0 Å². The largest absolute Gasteiger partial charge is 0.496 e. The quantitative estimate of drug-likeness (QED) is 0.744. The highest BCUT2D eigenvalue weighted by Crippen LogP contribution is 2.33. The number of methoxy groups -OCH3 is 2. The Hall–Kier alpha value is -2.05. The van der Waals surface area contributed by atoms with E-state index in [1.165, 1.54) is 25.8 Å². The van der Waals surface area contributed by atoms with Gasteiger partial charge in [-0.15, -0.1) is 0 Å². The molecule has 130 valence electrons. The first kappa shape index (κ1) is 18.3. The molecule has 0 saturated heterocycles. The summed E-state index contributed by atoms with van der Waals surface area (Å²) in [6.45, 7) is 2.14. The lowest BCUT2D eigenvalue weighted by molar-refractivity contribution is 0.380. The number of ether oxygens (including phenoxy) is 2. The van der Waals surface area contributed by atoms with Crippen LogP contribution in [-0.4, -0.2) is 29.2 Å². The summed E-state index contributed by atoms with van der Waals surface area (Å²) in [5, 5.41) is 0. The zero-order chi connectivity index (χ0) is 17.6. The zero-order valence-electron chi connectivity index (χ0n) is 14.2. The topological polar surface area (TPSA) is 64.6 Å². The molecule has 5 nitrogen and oxygen atoms in total. The van der Waals surface area contributed by atoms with Crippen molar-refractivity contribution in [1.82, 2.24) is 4.72 Å². The second kappa shape index (κ2) is 8.17. The molecule has 0 unspecified atom stereocenters. The van der Waals surface area contributed by atoms with Gasteiger partial charge in [-0.3, -0.25) is 0 Å². The van der Waals surface area contributed by atoms with E-state index in [0.29, 0.717) is 23.6 Å². The maximum absolute atomic E-state index is 12.5. The van der Waals surface area contributed by atoms with Crippen LogP contribution in [-0.2, 0) is 16.4 Å². The second-order valence-corrected chi connectivity index (χ2v) is 7.15. The highest BCUT2D eigenvalue weighted by atomic mass is 32.2. The van der Waals surface area contributed by atoms with Gasteiger partial charge in [-0.05, 0) is 37.5 Å². The van der Waals surface area contributed by atoms with Crippen LogP contribution in [0.15, 0.2) is 47.4 Å². The number of nitrogens with one attached hydrogen (secondary N) is 1. The molecule has 24 heavy (non-hydrogen) atoms. The van der Waals surface area contributed by atoms with Gasteiger partial charge in [-0.25, -0.2) is 13.1 Å². The van der Waals surface area contributed by atoms with Crippen LogP contribution in [0.2, 0.25) is 0 Å². The van der Waals surface area contributed by atoms with E-state index < -0.39 is 10.0 Å². The van der Waals surface area contributed by atoms with Crippen molar-refractivity contribution in [3.63, 3.8) is 0 Å². The molecule has 0 fully saturated rings. The number of hydrogen-bond acceptors (Lipinski definition) is 4. The molecule has 0 aliphatic carbocycles. The zero-order valence-corrected chi connectivity index (χ0v) is 15.0. The number of sulfonamides is 1. The molecule has 0 amide bonds. The van der Waals surface area contributed by atoms with E-state index in [4.69, 9.17) is 9.47 Å². The maximum atomic E-state index is 12.5. The van der Waals surface area contributed by atoms with E-state index in [1.54, 1.807) is 13.0 Å². The van der Waals surface area contributed by atoms with Gasteiger partial charge in [-0.2, -0.15) is 0 Å². The van der Waals surface area contributed by atoms with Crippen LogP contribution in [0.5, 0.6) is 11.5 Å². The molecule has 0 atom stereocenters. The Labute approximate surface area is 143 Å². The molecule has 0 saturated carbocycles. The fourth-order valence-electron chi connectivity index (χ4n) is 2.56. The Morgan fingerprint density at radius 2 is 1.71 bits per heavy atom. The molecule has 0 radical (unpaired) electrons. The van der Waals surface area contributed by atoms with Crippen molar-refractivity contribution in [3.05, 3.63) is 53.6 Å². The Kier molecular flexibility index (Phi) is 6.23. The summed E-state index contributed by atoms with van der Waals surface area (Å²) in [5.41, 5.74) is 1.85. The average molecular weight is 349 g/mol. The molecule has 2 rings (SSSR count). The molecule has 0 aliphatic rings. The summed E-state index contributed by atoms with van der Waals surface area (Å²) in [6.07, 6.45) is 1.54. The number of hydrogen-bond donors (Lipinski definition) is 1. The van der Waals surface area contributed by atoms with E-state index in [-0.39, 0.29) is 4.90 Å². The molecule has 2 aromatic carbocycles. The minimum Gasteiger partial charge on any atom is -0.496 e. The highest BCUT2D eigenvalue weighted by Gasteiger charge is 2.22. The first-order valence-corrected chi connectivity index (χ1v) is 9.23. The summed E-state index contributed by atoms with van der Waals surface area (Å²) in [4.78, 5) is 0.128. The number of benzene rings is 2. The van der Waals surface area contributed by atoms with Crippen molar-refractivity contribution < 1.29 is 17.9 Å². The van der Waals surface area contributed by atoms with Crippen LogP contribution in [0, 0.1) is 6.92 Å². The lowest BCUT2D eigenvalue weighted by Gasteiger charge is -2.15. The van der Waals surface area contributed by atoms with Crippen molar-refractivity contribution in [3.8, 4) is 11.5 Å². The average Bonchev–Trinajstić information content (AvgIpc) is 2.59. The van der Waals surface area contributed by atoms with Crippen LogP contribution in [0.4, 0.5) is 0 Å². The van der Waals surface area contributed by atoms with Crippen molar-refractivity contribution in [2.75, 3.05) is 20.8 Å². The third kappa shape index (κ3) is 4.27. The lowest BCUT2D eigenvalue weighted by Crippen LogP contribution is -2.25. The SMILES string of the molecule is COc1ccc(S(=O)(=O)NCCCc2ccccc2)c(OC)c1C. The van der Waals surface area contributed by atoms with Gasteiger partial charge in [0.05, 0.1) is 14.2 Å². The lowest BCUT2D eigenvalue weighted by atomic mass is 10.1. The third-order valence-corrected chi connectivity index (χ3v) is 5.30. The first-order chi connectivity index (χ1) is 11.5. The maximum Gasteiger partial charge on any atom is 0.244 e. The van der Waals surface area contributed by atoms with Crippen LogP contribution < -0.4 is 14.2 Å².